The predicted molar refractivity (Wildman–Crippen MR) is 117 cm³/mol. The van der Waals surface area contributed by atoms with Gasteiger partial charge in [0.1, 0.15) is 12.4 Å². The fraction of sp³-hybridized carbons (Fsp3) is 0.364. The van der Waals surface area contributed by atoms with Crippen molar-refractivity contribution in [3.05, 3.63) is 60.2 Å². The summed E-state index contributed by atoms with van der Waals surface area (Å²) in [5.74, 6) is -0.0121. The molecule has 3 rings (SSSR count). The number of carbonyl (C=O) groups is 1. The molecule has 0 saturated heterocycles. The minimum absolute atomic E-state index is 0.0499. The van der Waals surface area contributed by atoms with E-state index in [1.54, 1.807) is 42.5 Å². The van der Waals surface area contributed by atoms with E-state index < -0.39 is 21.3 Å². The van der Waals surface area contributed by atoms with Crippen molar-refractivity contribution in [2.45, 2.75) is 23.3 Å². The van der Waals surface area contributed by atoms with Gasteiger partial charge in [-0.15, -0.1) is 0 Å². The Morgan fingerprint density at radius 1 is 1.19 bits per heavy atom. The lowest BCUT2D eigenvalue weighted by atomic mass is 9.98. The third-order valence-electron chi connectivity index (χ3n) is 4.94. The average molecular weight is 463 g/mol. The first kappa shape index (κ1) is 23.7. The molecule has 2 aromatic rings. The van der Waals surface area contributed by atoms with Gasteiger partial charge >= 0.3 is 0 Å². The quantitative estimate of drug-likeness (QED) is 0.383. The number of hydroxylamine groups is 1. The molecule has 10 heteroatoms. The Morgan fingerprint density at radius 3 is 2.56 bits per heavy atom. The van der Waals surface area contributed by atoms with Crippen LogP contribution in [0.25, 0.3) is 0 Å². The van der Waals surface area contributed by atoms with Crippen molar-refractivity contribution < 1.29 is 32.6 Å². The van der Waals surface area contributed by atoms with Gasteiger partial charge in [-0.2, -0.15) is 0 Å². The number of ether oxygens (including phenoxy) is 2. The SMILES string of the molecule is CONC(=O)[C@]1(CCS(=O)(=O)c2ccccc2)COC(c2ccc(OCCCO)cc2)=N1. The van der Waals surface area contributed by atoms with E-state index in [9.17, 15) is 13.2 Å². The van der Waals surface area contributed by atoms with Crippen LogP contribution in [-0.2, 0) is 24.2 Å². The first-order valence-electron chi connectivity index (χ1n) is 10.1. The molecular formula is C22H26N2O7S. The van der Waals surface area contributed by atoms with Gasteiger partial charge in [0.15, 0.2) is 15.4 Å². The molecule has 0 aromatic heterocycles. The number of carbonyl (C=O) groups excluding carboxylic acids is 1. The van der Waals surface area contributed by atoms with E-state index in [4.69, 9.17) is 19.4 Å². The van der Waals surface area contributed by atoms with Crippen LogP contribution in [0, 0.1) is 0 Å². The van der Waals surface area contributed by atoms with Crippen molar-refractivity contribution in [3.8, 4) is 5.75 Å². The molecule has 0 saturated carbocycles. The number of nitrogens with zero attached hydrogens (tertiary/aromatic N) is 1. The fourth-order valence-corrected chi connectivity index (χ4v) is 4.55. The molecule has 2 N–H and O–H groups in total. The fourth-order valence-electron chi connectivity index (χ4n) is 3.14. The summed E-state index contributed by atoms with van der Waals surface area (Å²) in [6.07, 6.45) is 0.450. The summed E-state index contributed by atoms with van der Waals surface area (Å²) in [6, 6.07) is 15.0. The van der Waals surface area contributed by atoms with Crippen LogP contribution in [0.5, 0.6) is 5.75 Å². The molecule has 1 amide bonds. The Hall–Kier alpha value is -2.95. The summed E-state index contributed by atoms with van der Waals surface area (Å²) in [5.41, 5.74) is 1.43. The summed E-state index contributed by atoms with van der Waals surface area (Å²) in [7, 11) is -2.32. The Morgan fingerprint density at radius 2 is 1.91 bits per heavy atom. The van der Waals surface area contributed by atoms with Gasteiger partial charge < -0.3 is 14.6 Å². The second-order valence-electron chi connectivity index (χ2n) is 7.20. The highest BCUT2D eigenvalue weighted by Gasteiger charge is 2.45. The van der Waals surface area contributed by atoms with Gasteiger partial charge in [0, 0.05) is 18.6 Å². The van der Waals surface area contributed by atoms with Gasteiger partial charge in [-0.1, -0.05) is 18.2 Å². The van der Waals surface area contributed by atoms with Crippen molar-refractivity contribution in [1.29, 1.82) is 0 Å². The summed E-state index contributed by atoms with van der Waals surface area (Å²) in [4.78, 5) is 22.1. The number of hydrogen-bond donors (Lipinski definition) is 2. The van der Waals surface area contributed by atoms with Crippen molar-refractivity contribution in [2.75, 3.05) is 32.7 Å². The number of nitrogens with one attached hydrogen (secondary N) is 1. The van der Waals surface area contributed by atoms with Crippen molar-refractivity contribution >= 4 is 21.6 Å². The van der Waals surface area contributed by atoms with Crippen LogP contribution in [0.1, 0.15) is 18.4 Å². The number of aliphatic hydroxyl groups excluding tert-OH is 1. The smallest absolute Gasteiger partial charge is 0.275 e. The molecule has 1 heterocycles. The molecule has 172 valence electrons. The zero-order valence-electron chi connectivity index (χ0n) is 17.7. The molecule has 9 nitrogen and oxygen atoms in total. The topological polar surface area (TPSA) is 124 Å². The van der Waals surface area contributed by atoms with E-state index in [0.717, 1.165) is 0 Å². The molecular weight excluding hydrogens is 436 g/mol. The standard InChI is InChI=1S/C22H26N2O7S/c1-29-24-21(26)22(12-15-32(27,28)19-6-3-2-4-7-19)16-31-20(23-22)17-8-10-18(11-9-17)30-14-5-13-25/h2-4,6-11,25H,5,12-16H2,1H3,(H,24,26)/t22-/m0/s1. The Labute approximate surface area is 186 Å². The van der Waals surface area contributed by atoms with Crippen LogP contribution < -0.4 is 10.2 Å². The number of rotatable bonds is 11. The molecule has 0 radical (unpaired) electrons. The monoisotopic (exact) mass is 462 g/mol. The molecule has 0 spiro atoms. The largest absolute Gasteiger partial charge is 0.494 e. The maximum absolute atomic E-state index is 12.7. The molecule has 1 aliphatic heterocycles. The lowest BCUT2D eigenvalue weighted by molar-refractivity contribution is -0.137. The number of aliphatic imine (C=N–C) groups is 1. The third-order valence-corrected chi connectivity index (χ3v) is 6.67. The Kier molecular flexibility index (Phi) is 7.84. The summed E-state index contributed by atoms with van der Waals surface area (Å²) in [5, 5.41) is 8.83. The molecule has 2 aromatic carbocycles. The van der Waals surface area contributed by atoms with Crippen LogP contribution >= 0.6 is 0 Å². The second-order valence-corrected chi connectivity index (χ2v) is 9.31. The normalized spacial score (nSPS) is 18.0. The number of amides is 1. The highest BCUT2D eigenvalue weighted by Crippen LogP contribution is 2.28. The molecule has 0 aliphatic carbocycles. The minimum atomic E-state index is -3.61. The van der Waals surface area contributed by atoms with Gasteiger partial charge in [0.25, 0.3) is 5.91 Å². The Bertz CT molecular complexity index is 1040. The molecule has 1 aliphatic rings. The Balaban J connectivity index is 1.79. The highest BCUT2D eigenvalue weighted by atomic mass is 32.2. The van der Waals surface area contributed by atoms with E-state index in [1.807, 2.05) is 0 Å². The van der Waals surface area contributed by atoms with E-state index in [0.29, 0.717) is 24.3 Å². The van der Waals surface area contributed by atoms with E-state index in [-0.39, 0.29) is 36.2 Å². The number of benzene rings is 2. The van der Waals surface area contributed by atoms with Crippen LogP contribution in [0.2, 0.25) is 0 Å². The zero-order valence-corrected chi connectivity index (χ0v) is 18.5. The van der Waals surface area contributed by atoms with Crippen molar-refractivity contribution in [1.82, 2.24) is 5.48 Å². The molecule has 0 fully saturated rings. The van der Waals surface area contributed by atoms with Crippen molar-refractivity contribution in [2.24, 2.45) is 4.99 Å². The maximum Gasteiger partial charge on any atom is 0.275 e. The van der Waals surface area contributed by atoms with E-state index in [2.05, 4.69) is 10.5 Å². The van der Waals surface area contributed by atoms with E-state index >= 15 is 0 Å². The molecule has 0 bridgehead atoms. The molecule has 0 unspecified atom stereocenters. The molecule has 1 atom stereocenters. The number of sulfone groups is 1. The van der Waals surface area contributed by atoms with Crippen LogP contribution in [-0.4, -0.2) is 63.6 Å². The van der Waals surface area contributed by atoms with Crippen LogP contribution in [0.15, 0.2) is 64.5 Å². The first-order valence-corrected chi connectivity index (χ1v) is 11.7. The average Bonchev–Trinajstić information content (AvgIpc) is 3.25. The lowest BCUT2D eigenvalue weighted by Crippen LogP contribution is -2.47. The zero-order chi connectivity index (χ0) is 23.0. The van der Waals surface area contributed by atoms with Crippen LogP contribution in [0.4, 0.5) is 0 Å². The highest BCUT2D eigenvalue weighted by molar-refractivity contribution is 7.91. The number of aliphatic hydroxyl groups is 1. The van der Waals surface area contributed by atoms with Gasteiger partial charge in [-0.3, -0.25) is 9.63 Å². The first-order chi connectivity index (χ1) is 15.4. The minimum Gasteiger partial charge on any atom is -0.494 e. The summed E-state index contributed by atoms with van der Waals surface area (Å²) < 4.78 is 36.7. The number of hydrogen-bond acceptors (Lipinski definition) is 8. The molecule has 32 heavy (non-hydrogen) atoms. The van der Waals surface area contributed by atoms with Gasteiger partial charge in [0.05, 0.1) is 24.4 Å². The summed E-state index contributed by atoms with van der Waals surface area (Å²) in [6.45, 7) is 0.328. The maximum atomic E-state index is 12.7. The van der Waals surface area contributed by atoms with Crippen molar-refractivity contribution in [3.63, 3.8) is 0 Å². The lowest BCUT2D eigenvalue weighted by Gasteiger charge is -2.22. The predicted octanol–water partition coefficient (Wildman–Crippen LogP) is 1.50. The van der Waals surface area contributed by atoms with Gasteiger partial charge in [0.2, 0.25) is 5.90 Å². The second kappa shape index (κ2) is 10.6. The summed E-state index contributed by atoms with van der Waals surface area (Å²) >= 11 is 0. The van der Waals surface area contributed by atoms with Gasteiger partial charge in [-0.25, -0.2) is 18.9 Å². The van der Waals surface area contributed by atoms with E-state index in [1.165, 1.54) is 19.2 Å². The van der Waals surface area contributed by atoms with Crippen LogP contribution in [0.3, 0.4) is 0 Å². The van der Waals surface area contributed by atoms with Gasteiger partial charge in [-0.05, 0) is 42.8 Å². The third kappa shape index (κ3) is 5.64.